The average Bonchev–Trinajstić information content (AvgIpc) is 3.28. The van der Waals surface area contributed by atoms with E-state index < -0.39 is 0 Å². The Hall–Kier alpha value is -0.530. The molecule has 0 heterocycles. The lowest BCUT2D eigenvalue weighted by Crippen LogP contribution is -2.41. The van der Waals surface area contributed by atoms with Gasteiger partial charge in [0.25, 0.3) is 0 Å². The highest BCUT2D eigenvalue weighted by Gasteiger charge is 2.44. The maximum atomic E-state index is 6.10. The molecule has 1 aliphatic rings. The second kappa shape index (κ2) is 9.57. The van der Waals surface area contributed by atoms with Gasteiger partial charge in [0.2, 0.25) is 0 Å². The van der Waals surface area contributed by atoms with Crippen molar-refractivity contribution >= 4 is 41.5 Å². The Bertz CT molecular complexity index is 492. The molecule has 0 aromatic heterocycles. The molecule has 0 bridgehead atoms. The summed E-state index contributed by atoms with van der Waals surface area (Å²) >= 11 is 6.10. The van der Waals surface area contributed by atoms with Crippen LogP contribution in [-0.4, -0.2) is 39.8 Å². The molecule has 0 radical (unpaired) electrons. The summed E-state index contributed by atoms with van der Waals surface area (Å²) < 4.78 is 5.04. The molecule has 0 saturated heterocycles. The number of rotatable bonds is 7. The van der Waals surface area contributed by atoms with Crippen molar-refractivity contribution in [2.45, 2.75) is 24.7 Å². The summed E-state index contributed by atoms with van der Waals surface area (Å²) in [6, 6.07) is 8.18. The Morgan fingerprint density at radius 1 is 1.36 bits per heavy atom. The Morgan fingerprint density at radius 3 is 2.73 bits per heavy atom. The highest BCUT2D eigenvalue weighted by Crippen LogP contribution is 2.48. The van der Waals surface area contributed by atoms with Gasteiger partial charge in [-0.1, -0.05) is 23.7 Å². The van der Waals surface area contributed by atoms with E-state index in [-0.39, 0.29) is 29.4 Å². The van der Waals surface area contributed by atoms with Crippen molar-refractivity contribution in [3.05, 3.63) is 34.9 Å². The largest absolute Gasteiger partial charge is 0.385 e. The molecule has 124 valence electrons. The van der Waals surface area contributed by atoms with Crippen LogP contribution in [0.15, 0.2) is 29.3 Å². The molecule has 0 atom stereocenters. The second-order valence-electron chi connectivity index (χ2n) is 5.49. The predicted octanol–water partition coefficient (Wildman–Crippen LogP) is 3.19. The number of halogens is 2. The molecule has 4 nitrogen and oxygen atoms in total. The van der Waals surface area contributed by atoms with Gasteiger partial charge >= 0.3 is 0 Å². The van der Waals surface area contributed by atoms with Gasteiger partial charge in [0.05, 0.1) is 0 Å². The third-order valence-corrected chi connectivity index (χ3v) is 4.16. The molecule has 2 N–H and O–H groups in total. The molecule has 2 rings (SSSR count). The zero-order chi connectivity index (χ0) is 15.1. The van der Waals surface area contributed by atoms with E-state index in [4.69, 9.17) is 16.3 Å². The number of benzene rings is 1. The third kappa shape index (κ3) is 5.59. The molecular formula is C16H25ClIN3O. The van der Waals surface area contributed by atoms with E-state index >= 15 is 0 Å². The number of nitrogens with one attached hydrogen (secondary N) is 2. The summed E-state index contributed by atoms with van der Waals surface area (Å²) in [5, 5.41) is 7.53. The van der Waals surface area contributed by atoms with Gasteiger partial charge in [0.1, 0.15) is 0 Å². The first kappa shape index (κ1) is 19.5. The predicted molar refractivity (Wildman–Crippen MR) is 104 cm³/mol. The number of ether oxygens (including phenoxy) is 1. The van der Waals surface area contributed by atoms with E-state index in [1.165, 1.54) is 18.4 Å². The summed E-state index contributed by atoms with van der Waals surface area (Å²) in [6.45, 7) is 2.51. The van der Waals surface area contributed by atoms with Crippen LogP contribution in [-0.2, 0) is 10.2 Å². The number of methoxy groups -OCH3 is 1. The maximum Gasteiger partial charge on any atom is 0.191 e. The van der Waals surface area contributed by atoms with E-state index in [1.54, 1.807) is 14.2 Å². The SMILES string of the molecule is CN=C(NCCCOC)NCC1(c2cccc(Cl)c2)CC1.I. The Kier molecular flexibility index (Phi) is 8.49. The van der Waals surface area contributed by atoms with Crippen LogP contribution in [0.2, 0.25) is 5.02 Å². The van der Waals surface area contributed by atoms with Crippen LogP contribution in [0, 0.1) is 0 Å². The van der Waals surface area contributed by atoms with Crippen molar-refractivity contribution in [2.24, 2.45) is 4.99 Å². The molecule has 1 aromatic carbocycles. The van der Waals surface area contributed by atoms with Crippen molar-refractivity contribution in [1.82, 2.24) is 10.6 Å². The highest BCUT2D eigenvalue weighted by molar-refractivity contribution is 14.0. The van der Waals surface area contributed by atoms with Crippen molar-refractivity contribution in [1.29, 1.82) is 0 Å². The van der Waals surface area contributed by atoms with Crippen LogP contribution in [0.5, 0.6) is 0 Å². The Labute approximate surface area is 155 Å². The van der Waals surface area contributed by atoms with E-state index in [0.29, 0.717) is 0 Å². The van der Waals surface area contributed by atoms with E-state index in [0.717, 1.165) is 37.1 Å². The summed E-state index contributed by atoms with van der Waals surface area (Å²) in [6.07, 6.45) is 3.36. The first-order chi connectivity index (χ1) is 10.2. The van der Waals surface area contributed by atoms with Crippen LogP contribution < -0.4 is 10.6 Å². The van der Waals surface area contributed by atoms with Gasteiger partial charge in [0.15, 0.2) is 5.96 Å². The minimum Gasteiger partial charge on any atom is -0.385 e. The molecule has 1 aromatic rings. The normalized spacial score (nSPS) is 15.9. The lowest BCUT2D eigenvalue weighted by Gasteiger charge is -2.19. The van der Waals surface area contributed by atoms with Crippen LogP contribution in [0.25, 0.3) is 0 Å². The van der Waals surface area contributed by atoms with Crippen molar-refractivity contribution in [3.8, 4) is 0 Å². The molecule has 1 saturated carbocycles. The summed E-state index contributed by atoms with van der Waals surface area (Å²) in [5.41, 5.74) is 1.53. The highest BCUT2D eigenvalue weighted by atomic mass is 127. The first-order valence-electron chi connectivity index (χ1n) is 7.40. The van der Waals surface area contributed by atoms with Crippen LogP contribution in [0.3, 0.4) is 0 Å². The Morgan fingerprint density at radius 2 is 2.14 bits per heavy atom. The van der Waals surface area contributed by atoms with E-state index in [2.05, 4.69) is 27.8 Å². The molecule has 22 heavy (non-hydrogen) atoms. The molecule has 0 spiro atoms. The van der Waals surface area contributed by atoms with Gasteiger partial charge in [0, 0.05) is 44.3 Å². The van der Waals surface area contributed by atoms with Gasteiger partial charge in [-0.05, 0) is 37.0 Å². The number of nitrogens with zero attached hydrogens (tertiary/aromatic N) is 1. The second-order valence-corrected chi connectivity index (χ2v) is 5.93. The summed E-state index contributed by atoms with van der Waals surface area (Å²) in [4.78, 5) is 4.26. The van der Waals surface area contributed by atoms with Crippen molar-refractivity contribution in [3.63, 3.8) is 0 Å². The quantitative estimate of drug-likeness (QED) is 0.298. The van der Waals surface area contributed by atoms with Crippen LogP contribution >= 0.6 is 35.6 Å². The van der Waals surface area contributed by atoms with E-state index in [1.807, 2.05) is 12.1 Å². The fourth-order valence-electron chi connectivity index (χ4n) is 2.43. The average molecular weight is 438 g/mol. The number of guanidine groups is 1. The van der Waals surface area contributed by atoms with Gasteiger partial charge in [-0.3, -0.25) is 4.99 Å². The van der Waals surface area contributed by atoms with Crippen LogP contribution in [0.4, 0.5) is 0 Å². The smallest absolute Gasteiger partial charge is 0.191 e. The van der Waals surface area contributed by atoms with Gasteiger partial charge in [-0.25, -0.2) is 0 Å². The van der Waals surface area contributed by atoms with Gasteiger partial charge < -0.3 is 15.4 Å². The summed E-state index contributed by atoms with van der Waals surface area (Å²) in [7, 11) is 3.51. The zero-order valence-electron chi connectivity index (χ0n) is 13.2. The first-order valence-corrected chi connectivity index (χ1v) is 7.77. The lowest BCUT2D eigenvalue weighted by atomic mass is 9.96. The number of hydrogen-bond donors (Lipinski definition) is 2. The fourth-order valence-corrected chi connectivity index (χ4v) is 2.62. The standard InChI is InChI=1S/C16H24ClN3O.HI/c1-18-15(19-9-4-10-21-2)20-12-16(7-8-16)13-5-3-6-14(17)11-13;/h3,5-6,11H,4,7-10,12H2,1-2H3,(H2,18,19,20);1H. The minimum atomic E-state index is 0. The Balaban J connectivity index is 0.00000242. The topological polar surface area (TPSA) is 45.7 Å². The minimum absolute atomic E-state index is 0. The van der Waals surface area contributed by atoms with Gasteiger partial charge in [-0.2, -0.15) is 0 Å². The molecule has 6 heteroatoms. The van der Waals surface area contributed by atoms with Crippen molar-refractivity contribution < 1.29 is 4.74 Å². The maximum absolute atomic E-state index is 6.10. The molecule has 0 aliphatic heterocycles. The van der Waals surface area contributed by atoms with Crippen LogP contribution in [0.1, 0.15) is 24.8 Å². The molecular weight excluding hydrogens is 413 g/mol. The monoisotopic (exact) mass is 437 g/mol. The molecule has 0 amide bonds. The molecule has 1 fully saturated rings. The third-order valence-electron chi connectivity index (χ3n) is 3.93. The molecule has 1 aliphatic carbocycles. The lowest BCUT2D eigenvalue weighted by molar-refractivity contribution is 0.195. The number of aliphatic imine (C=N–C) groups is 1. The summed E-state index contributed by atoms with van der Waals surface area (Å²) in [5.74, 6) is 0.847. The van der Waals surface area contributed by atoms with Gasteiger partial charge in [-0.15, -0.1) is 24.0 Å². The zero-order valence-corrected chi connectivity index (χ0v) is 16.3. The molecule has 0 unspecified atom stereocenters. The fraction of sp³-hybridized carbons (Fsp3) is 0.562. The van der Waals surface area contributed by atoms with E-state index in [9.17, 15) is 0 Å². The van der Waals surface area contributed by atoms with Crippen molar-refractivity contribution in [2.75, 3.05) is 33.9 Å². The number of hydrogen-bond acceptors (Lipinski definition) is 2.